The molecule has 3 N–H and O–H groups in total. The number of hydrogen-bond donors (Lipinski definition) is 2. The van der Waals surface area contributed by atoms with E-state index >= 15 is 0 Å². The molecule has 0 atom stereocenters. The Labute approximate surface area is 102 Å². The van der Waals surface area contributed by atoms with E-state index in [2.05, 4.69) is 30.9 Å². The summed E-state index contributed by atoms with van der Waals surface area (Å²) >= 11 is 0. The molecule has 0 fully saturated rings. The van der Waals surface area contributed by atoms with Crippen molar-refractivity contribution in [2.75, 3.05) is 5.73 Å². The van der Waals surface area contributed by atoms with Crippen LogP contribution in [0.1, 0.15) is 5.69 Å². The zero-order chi connectivity index (χ0) is 12.8. The zero-order valence-electron chi connectivity index (χ0n) is 9.26. The van der Waals surface area contributed by atoms with Gasteiger partial charge in [-0.3, -0.25) is 9.78 Å². The van der Waals surface area contributed by atoms with Crippen LogP contribution in [-0.4, -0.2) is 37.3 Å². The van der Waals surface area contributed by atoms with Gasteiger partial charge in [0.25, 0.3) is 11.9 Å². The van der Waals surface area contributed by atoms with Gasteiger partial charge in [-0.05, 0) is 17.3 Å². The number of hydrazone groups is 1. The molecule has 0 spiro atoms. The Morgan fingerprint density at radius 2 is 2.44 bits per heavy atom. The number of nitrogen functional groups attached to an aromatic ring is 1. The number of hydrogen-bond acceptors (Lipinski definition) is 7. The fourth-order valence-corrected chi connectivity index (χ4v) is 1.11. The van der Waals surface area contributed by atoms with Crippen molar-refractivity contribution in [3.63, 3.8) is 0 Å². The summed E-state index contributed by atoms with van der Waals surface area (Å²) in [6.07, 6.45) is 3.06. The average molecular weight is 246 g/mol. The Kier molecular flexibility index (Phi) is 3.54. The van der Waals surface area contributed by atoms with Crippen LogP contribution in [0, 0.1) is 0 Å². The number of aromatic nitrogens is 5. The zero-order valence-corrected chi connectivity index (χ0v) is 9.26. The van der Waals surface area contributed by atoms with Crippen LogP contribution in [0.3, 0.4) is 0 Å². The minimum atomic E-state index is -0.389. The van der Waals surface area contributed by atoms with Crippen molar-refractivity contribution in [2.24, 2.45) is 5.10 Å². The van der Waals surface area contributed by atoms with Gasteiger partial charge >= 0.3 is 0 Å². The number of anilines is 1. The molecule has 92 valence electrons. The Morgan fingerprint density at radius 3 is 3.11 bits per heavy atom. The van der Waals surface area contributed by atoms with Gasteiger partial charge in [0.2, 0.25) is 0 Å². The first kappa shape index (κ1) is 11.6. The quantitative estimate of drug-likeness (QED) is 0.515. The van der Waals surface area contributed by atoms with Gasteiger partial charge < -0.3 is 5.73 Å². The summed E-state index contributed by atoms with van der Waals surface area (Å²) < 4.78 is 0. The van der Waals surface area contributed by atoms with Crippen LogP contribution in [-0.2, 0) is 11.3 Å². The summed E-state index contributed by atoms with van der Waals surface area (Å²) in [6.45, 7) is -0.107. The van der Waals surface area contributed by atoms with Gasteiger partial charge in [-0.15, -0.1) is 5.10 Å². The van der Waals surface area contributed by atoms with Gasteiger partial charge in [-0.1, -0.05) is 11.2 Å². The summed E-state index contributed by atoms with van der Waals surface area (Å²) in [5.41, 5.74) is 8.21. The van der Waals surface area contributed by atoms with Crippen LogP contribution in [0.2, 0.25) is 0 Å². The second-order valence-electron chi connectivity index (χ2n) is 3.23. The van der Waals surface area contributed by atoms with E-state index in [-0.39, 0.29) is 18.4 Å². The molecule has 18 heavy (non-hydrogen) atoms. The fourth-order valence-electron chi connectivity index (χ4n) is 1.11. The first-order valence-electron chi connectivity index (χ1n) is 5.00. The van der Waals surface area contributed by atoms with Crippen LogP contribution in [0.4, 0.5) is 5.95 Å². The van der Waals surface area contributed by atoms with Gasteiger partial charge in [-0.2, -0.15) is 9.90 Å². The third kappa shape index (κ3) is 3.33. The molecule has 9 heteroatoms. The van der Waals surface area contributed by atoms with E-state index in [1.54, 1.807) is 18.3 Å². The highest BCUT2D eigenvalue weighted by Gasteiger charge is 2.04. The van der Waals surface area contributed by atoms with Gasteiger partial charge in [-0.25, -0.2) is 5.43 Å². The second-order valence-corrected chi connectivity index (χ2v) is 3.23. The molecule has 2 aromatic heterocycles. The number of tetrazole rings is 1. The molecule has 2 heterocycles. The third-order valence-electron chi connectivity index (χ3n) is 1.83. The molecule has 0 aliphatic rings. The summed E-state index contributed by atoms with van der Waals surface area (Å²) in [4.78, 5) is 16.5. The molecule has 0 saturated heterocycles. The number of carbonyl (C=O) groups is 1. The lowest BCUT2D eigenvalue weighted by Crippen LogP contribution is -2.24. The van der Waals surface area contributed by atoms with Crippen LogP contribution in [0.5, 0.6) is 0 Å². The first-order chi connectivity index (χ1) is 8.74. The molecule has 0 unspecified atom stereocenters. The van der Waals surface area contributed by atoms with E-state index < -0.39 is 0 Å². The van der Waals surface area contributed by atoms with Crippen molar-refractivity contribution in [3.05, 3.63) is 30.1 Å². The van der Waals surface area contributed by atoms with Crippen LogP contribution >= 0.6 is 0 Å². The lowest BCUT2D eigenvalue weighted by molar-refractivity contribution is -0.122. The number of nitrogens with two attached hydrogens (primary N) is 1. The average Bonchev–Trinajstić information content (AvgIpc) is 2.76. The van der Waals surface area contributed by atoms with Crippen LogP contribution in [0.25, 0.3) is 0 Å². The van der Waals surface area contributed by atoms with Crippen molar-refractivity contribution >= 4 is 18.1 Å². The molecular formula is C9H10N8O. The molecule has 0 aromatic carbocycles. The first-order valence-corrected chi connectivity index (χ1v) is 5.00. The van der Waals surface area contributed by atoms with E-state index in [0.717, 1.165) is 4.80 Å². The number of rotatable bonds is 4. The highest BCUT2D eigenvalue weighted by Crippen LogP contribution is 1.88. The lowest BCUT2D eigenvalue weighted by atomic mass is 10.4. The summed E-state index contributed by atoms with van der Waals surface area (Å²) in [5, 5.41) is 14.4. The van der Waals surface area contributed by atoms with Crippen molar-refractivity contribution in [2.45, 2.75) is 6.54 Å². The maximum absolute atomic E-state index is 11.4. The normalized spacial score (nSPS) is 10.7. The maximum atomic E-state index is 11.4. The van der Waals surface area contributed by atoms with Gasteiger partial charge in [0.1, 0.15) is 6.54 Å². The minimum absolute atomic E-state index is 0.0137. The highest BCUT2D eigenvalue weighted by atomic mass is 16.2. The molecule has 9 nitrogen and oxygen atoms in total. The van der Waals surface area contributed by atoms with Crippen molar-refractivity contribution in [1.29, 1.82) is 0 Å². The number of nitrogens with one attached hydrogen (secondary N) is 1. The van der Waals surface area contributed by atoms with Gasteiger partial charge in [0.15, 0.2) is 0 Å². The van der Waals surface area contributed by atoms with E-state index in [1.807, 2.05) is 6.07 Å². The molecule has 0 bridgehead atoms. The standard InChI is InChI=1S/C9H10N8O/c10-9-14-16-17(15-9)6-8(18)13-12-5-7-3-1-2-4-11-7/h1-5H,6H2,(H2,10,15)(H,13,18)/b12-5-. The highest BCUT2D eigenvalue weighted by molar-refractivity contribution is 5.80. The Balaban J connectivity index is 1.83. The predicted molar refractivity (Wildman–Crippen MR) is 62.2 cm³/mol. The van der Waals surface area contributed by atoms with E-state index in [0.29, 0.717) is 5.69 Å². The van der Waals surface area contributed by atoms with E-state index in [9.17, 15) is 4.79 Å². The van der Waals surface area contributed by atoms with E-state index in [1.165, 1.54) is 6.21 Å². The van der Waals surface area contributed by atoms with Gasteiger partial charge in [0, 0.05) is 6.20 Å². The maximum Gasteiger partial charge on any atom is 0.263 e. The third-order valence-corrected chi connectivity index (χ3v) is 1.83. The van der Waals surface area contributed by atoms with Gasteiger partial charge in [0.05, 0.1) is 11.9 Å². The Morgan fingerprint density at radius 1 is 1.56 bits per heavy atom. The SMILES string of the molecule is Nc1nnn(CC(=O)N/N=C\c2ccccn2)n1. The summed E-state index contributed by atoms with van der Waals surface area (Å²) in [7, 11) is 0. The number of amides is 1. The number of nitrogens with zero attached hydrogens (tertiary/aromatic N) is 6. The Hall–Kier alpha value is -2.84. The fraction of sp³-hybridized carbons (Fsp3) is 0.111. The molecule has 0 aliphatic heterocycles. The number of carbonyl (C=O) groups excluding carboxylic acids is 1. The van der Waals surface area contributed by atoms with Crippen molar-refractivity contribution in [3.8, 4) is 0 Å². The minimum Gasteiger partial charge on any atom is -0.365 e. The molecule has 0 saturated carbocycles. The molecule has 1 amide bonds. The monoisotopic (exact) mass is 246 g/mol. The largest absolute Gasteiger partial charge is 0.365 e. The van der Waals surface area contributed by atoms with Crippen LogP contribution in [0.15, 0.2) is 29.5 Å². The summed E-state index contributed by atoms with van der Waals surface area (Å²) in [5.74, 6) is -0.376. The van der Waals surface area contributed by atoms with Crippen molar-refractivity contribution in [1.82, 2.24) is 30.6 Å². The molecule has 0 radical (unpaired) electrons. The van der Waals surface area contributed by atoms with E-state index in [4.69, 9.17) is 5.73 Å². The number of pyridine rings is 1. The topological polar surface area (TPSA) is 124 Å². The molecule has 2 rings (SSSR count). The predicted octanol–water partition coefficient (Wildman–Crippen LogP) is -1.20. The second kappa shape index (κ2) is 5.48. The smallest absolute Gasteiger partial charge is 0.263 e. The Bertz CT molecular complexity index is 549. The molecular weight excluding hydrogens is 236 g/mol. The summed E-state index contributed by atoms with van der Waals surface area (Å²) in [6, 6.07) is 5.37. The van der Waals surface area contributed by atoms with Crippen molar-refractivity contribution < 1.29 is 4.79 Å². The molecule has 2 aromatic rings. The lowest BCUT2D eigenvalue weighted by Gasteiger charge is -1.97. The van der Waals surface area contributed by atoms with Crippen LogP contribution < -0.4 is 11.2 Å². The molecule has 0 aliphatic carbocycles.